The van der Waals surface area contributed by atoms with Crippen LogP contribution in [0.1, 0.15) is 57.1 Å². The van der Waals surface area contributed by atoms with E-state index in [1.807, 2.05) is 0 Å². The monoisotopic (exact) mass is 297 g/mol. The van der Waals surface area contributed by atoms with Crippen molar-refractivity contribution < 1.29 is 0 Å². The fourth-order valence-electron chi connectivity index (χ4n) is 3.43. The van der Waals surface area contributed by atoms with Crippen LogP contribution in [0.25, 0.3) is 11.3 Å². The van der Waals surface area contributed by atoms with E-state index in [2.05, 4.69) is 63.5 Å². The minimum atomic E-state index is 0.183. The highest BCUT2D eigenvalue weighted by Gasteiger charge is 2.27. The molecule has 0 spiro atoms. The van der Waals surface area contributed by atoms with Gasteiger partial charge in [-0.25, -0.2) is 4.98 Å². The Kier molecular flexibility index (Phi) is 3.64. The average molecular weight is 297 g/mol. The highest BCUT2D eigenvalue weighted by Crippen LogP contribution is 2.33. The molecule has 2 N–H and O–H groups in total. The van der Waals surface area contributed by atoms with Crippen LogP contribution in [-0.4, -0.2) is 15.6 Å². The first-order valence-electron chi connectivity index (χ1n) is 8.21. The minimum Gasteiger partial charge on any atom is -0.330 e. The van der Waals surface area contributed by atoms with Gasteiger partial charge >= 0.3 is 0 Å². The van der Waals surface area contributed by atoms with Gasteiger partial charge in [-0.1, -0.05) is 52.0 Å². The number of hydrogen-bond acceptors (Lipinski definition) is 2. The highest BCUT2D eigenvalue weighted by atomic mass is 15.1. The van der Waals surface area contributed by atoms with Crippen molar-refractivity contribution in [2.24, 2.45) is 5.73 Å². The minimum absolute atomic E-state index is 0.183. The van der Waals surface area contributed by atoms with Gasteiger partial charge < -0.3 is 10.3 Å². The Balaban J connectivity index is 2.01. The number of nitrogens with zero attached hydrogens (tertiary/aromatic N) is 2. The smallest absolute Gasteiger partial charge is 0.112 e. The maximum atomic E-state index is 6.18. The standard InChI is InChI=1S/C19H27N3/c1-12-10-16(20)11-22-13(2)17(21-18(12)22)14-6-8-15(9-7-14)19(3,4)5/h6-9,12,16H,10-11,20H2,1-5H3. The Morgan fingerprint density at radius 2 is 1.82 bits per heavy atom. The summed E-state index contributed by atoms with van der Waals surface area (Å²) in [5, 5.41) is 0. The fraction of sp³-hybridized carbons (Fsp3) is 0.526. The summed E-state index contributed by atoms with van der Waals surface area (Å²) in [5.41, 5.74) is 11.3. The van der Waals surface area contributed by atoms with E-state index in [9.17, 15) is 0 Å². The second-order valence-corrected chi connectivity index (χ2v) is 7.74. The van der Waals surface area contributed by atoms with Crippen LogP contribution in [-0.2, 0) is 12.0 Å². The Hall–Kier alpha value is -1.61. The van der Waals surface area contributed by atoms with Gasteiger partial charge in [-0.2, -0.15) is 0 Å². The first kappa shape index (κ1) is 15.3. The molecule has 1 aromatic heterocycles. The molecule has 1 aliphatic heterocycles. The Morgan fingerprint density at radius 3 is 2.41 bits per heavy atom. The normalized spacial score (nSPS) is 21.7. The third-order valence-corrected chi connectivity index (χ3v) is 4.79. The van der Waals surface area contributed by atoms with Crippen LogP contribution in [0.2, 0.25) is 0 Å². The molecule has 3 rings (SSSR count). The third-order valence-electron chi connectivity index (χ3n) is 4.79. The number of imidazole rings is 1. The Morgan fingerprint density at radius 1 is 1.18 bits per heavy atom. The highest BCUT2D eigenvalue weighted by molar-refractivity contribution is 5.63. The third kappa shape index (κ3) is 2.58. The van der Waals surface area contributed by atoms with E-state index in [0.717, 1.165) is 18.7 Å². The van der Waals surface area contributed by atoms with Gasteiger partial charge in [0.15, 0.2) is 0 Å². The number of aromatic nitrogens is 2. The molecule has 0 aliphatic carbocycles. The first-order chi connectivity index (χ1) is 10.3. The van der Waals surface area contributed by atoms with Gasteiger partial charge in [0.2, 0.25) is 0 Å². The topological polar surface area (TPSA) is 43.8 Å². The van der Waals surface area contributed by atoms with Gasteiger partial charge in [0.1, 0.15) is 5.82 Å². The van der Waals surface area contributed by atoms with Gasteiger partial charge in [0, 0.05) is 29.8 Å². The molecular formula is C19H27N3. The van der Waals surface area contributed by atoms with Crippen molar-refractivity contribution in [3.05, 3.63) is 41.3 Å². The zero-order chi connectivity index (χ0) is 16.1. The number of rotatable bonds is 1. The molecule has 3 nitrogen and oxygen atoms in total. The lowest BCUT2D eigenvalue weighted by Gasteiger charge is -2.26. The molecular weight excluding hydrogens is 270 g/mol. The molecule has 118 valence electrons. The second-order valence-electron chi connectivity index (χ2n) is 7.74. The zero-order valence-corrected chi connectivity index (χ0v) is 14.4. The molecule has 3 heteroatoms. The lowest BCUT2D eigenvalue weighted by molar-refractivity contribution is 0.403. The van der Waals surface area contributed by atoms with Crippen LogP contribution in [0.4, 0.5) is 0 Å². The number of fused-ring (bicyclic) bond motifs is 1. The summed E-state index contributed by atoms with van der Waals surface area (Å²) in [6, 6.07) is 9.09. The van der Waals surface area contributed by atoms with Crippen molar-refractivity contribution >= 4 is 0 Å². The molecule has 2 unspecified atom stereocenters. The first-order valence-corrected chi connectivity index (χ1v) is 8.21. The number of hydrogen-bond donors (Lipinski definition) is 1. The van der Waals surface area contributed by atoms with Crippen molar-refractivity contribution in [3.63, 3.8) is 0 Å². The molecule has 22 heavy (non-hydrogen) atoms. The summed E-state index contributed by atoms with van der Waals surface area (Å²) in [4.78, 5) is 4.94. The van der Waals surface area contributed by atoms with Gasteiger partial charge in [0.05, 0.1) is 5.69 Å². The summed E-state index contributed by atoms with van der Waals surface area (Å²) >= 11 is 0. The number of benzene rings is 1. The summed E-state index contributed by atoms with van der Waals surface area (Å²) in [6.45, 7) is 12.0. The van der Waals surface area contributed by atoms with Crippen molar-refractivity contribution in [2.45, 2.75) is 65.0 Å². The molecule has 2 heterocycles. The molecule has 0 saturated carbocycles. The van der Waals surface area contributed by atoms with E-state index in [0.29, 0.717) is 5.92 Å². The van der Waals surface area contributed by atoms with Gasteiger partial charge in [-0.3, -0.25) is 0 Å². The van der Waals surface area contributed by atoms with Crippen molar-refractivity contribution in [1.82, 2.24) is 9.55 Å². The lowest BCUT2D eigenvalue weighted by atomic mass is 9.86. The summed E-state index contributed by atoms with van der Waals surface area (Å²) < 4.78 is 2.31. The van der Waals surface area contributed by atoms with Gasteiger partial charge in [-0.15, -0.1) is 0 Å². The molecule has 2 aromatic rings. The van der Waals surface area contributed by atoms with Crippen LogP contribution < -0.4 is 5.73 Å². The zero-order valence-electron chi connectivity index (χ0n) is 14.4. The Bertz CT molecular complexity index is 674. The Labute approximate surface area is 133 Å². The maximum Gasteiger partial charge on any atom is 0.112 e. The van der Waals surface area contributed by atoms with E-state index in [1.54, 1.807) is 0 Å². The fourth-order valence-corrected chi connectivity index (χ4v) is 3.43. The van der Waals surface area contributed by atoms with Crippen LogP contribution in [0.3, 0.4) is 0 Å². The van der Waals surface area contributed by atoms with E-state index < -0.39 is 0 Å². The summed E-state index contributed by atoms with van der Waals surface area (Å²) in [7, 11) is 0. The van der Waals surface area contributed by atoms with E-state index in [4.69, 9.17) is 10.7 Å². The van der Waals surface area contributed by atoms with E-state index in [-0.39, 0.29) is 11.5 Å². The van der Waals surface area contributed by atoms with Crippen LogP contribution in [0.5, 0.6) is 0 Å². The van der Waals surface area contributed by atoms with E-state index >= 15 is 0 Å². The van der Waals surface area contributed by atoms with Gasteiger partial charge in [0.25, 0.3) is 0 Å². The number of nitrogens with two attached hydrogens (primary N) is 1. The predicted molar refractivity (Wildman–Crippen MR) is 92.1 cm³/mol. The van der Waals surface area contributed by atoms with Crippen LogP contribution in [0, 0.1) is 6.92 Å². The average Bonchev–Trinajstić information content (AvgIpc) is 2.76. The largest absolute Gasteiger partial charge is 0.330 e. The van der Waals surface area contributed by atoms with Gasteiger partial charge in [-0.05, 0) is 24.3 Å². The molecule has 1 aliphatic rings. The summed E-state index contributed by atoms with van der Waals surface area (Å²) in [5.74, 6) is 1.62. The maximum absolute atomic E-state index is 6.18. The molecule has 0 radical (unpaired) electrons. The predicted octanol–water partition coefficient (Wildman–Crippen LogP) is 3.99. The molecule has 0 amide bonds. The quantitative estimate of drug-likeness (QED) is 0.865. The second kappa shape index (κ2) is 5.24. The van der Waals surface area contributed by atoms with Crippen molar-refractivity contribution in [1.29, 1.82) is 0 Å². The van der Waals surface area contributed by atoms with Crippen molar-refractivity contribution in [3.8, 4) is 11.3 Å². The van der Waals surface area contributed by atoms with Crippen LogP contribution >= 0.6 is 0 Å². The SMILES string of the molecule is Cc1c(-c2ccc(C(C)(C)C)cc2)nc2n1CC(N)CC2C. The van der Waals surface area contributed by atoms with Crippen molar-refractivity contribution in [2.75, 3.05) is 0 Å². The molecule has 1 aromatic carbocycles. The van der Waals surface area contributed by atoms with Crippen LogP contribution in [0.15, 0.2) is 24.3 Å². The molecule has 0 bridgehead atoms. The summed E-state index contributed by atoms with van der Waals surface area (Å²) in [6.07, 6.45) is 1.03. The molecule has 0 saturated heterocycles. The molecule has 2 atom stereocenters. The van der Waals surface area contributed by atoms with E-state index in [1.165, 1.54) is 22.6 Å². The lowest BCUT2D eigenvalue weighted by Crippen LogP contribution is -2.34. The molecule has 0 fully saturated rings.